The summed E-state index contributed by atoms with van der Waals surface area (Å²) in [5, 5.41) is 9.39. The molecule has 2 aliphatic rings. The van der Waals surface area contributed by atoms with Crippen LogP contribution in [0.15, 0.2) is 84.9 Å². The Kier molecular flexibility index (Phi) is 9.08. The van der Waals surface area contributed by atoms with Gasteiger partial charge in [-0.1, -0.05) is 88.2 Å². The summed E-state index contributed by atoms with van der Waals surface area (Å²) in [7, 11) is 0. The van der Waals surface area contributed by atoms with Gasteiger partial charge in [-0.3, -0.25) is 0 Å². The van der Waals surface area contributed by atoms with E-state index in [-0.39, 0.29) is 29.5 Å². The first-order chi connectivity index (χ1) is 20.1. The third-order valence-corrected chi connectivity index (χ3v) is 8.89. The van der Waals surface area contributed by atoms with Crippen molar-refractivity contribution in [2.75, 3.05) is 6.61 Å². The lowest BCUT2D eigenvalue weighted by Gasteiger charge is -2.45. The highest BCUT2D eigenvalue weighted by atomic mass is 16.5. The molecule has 5 heteroatoms. The second-order valence-electron chi connectivity index (χ2n) is 13.0. The van der Waals surface area contributed by atoms with Gasteiger partial charge in [-0.15, -0.1) is 0 Å². The number of rotatable bonds is 9. The van der Waals surface area contributed by atoms with Gasteiger partial charge >= 0.3 is 5.97 Å². The Bertz CT molecular complexity index is 1370. The summed E-state index contributed by atoms with van der Waals surface area (Å²) in [6.45, 7) is 12.8. The predicted molar refractivity (Wildman–Crippen MR) is 166 cm³/mol. The van der Waals surface area contributed by atoms with Gasteiger partial charge in [0.15, 0.2) is 6.61 Å². The molecule has 5 nitrogen and oxygen atoms in total. The SMILES string of the molecule is C=C(C)[C@@H]1C[C@@H](c2ccc(C(C)(C)C)cc2)[C@@H](C2CCCC2)O[C@H]1c1cc(Oc2ccccc2)ccc1OCC(=O)O. The van der Waals surface area contributed by atoms with Crippen LogP contribution in [0.4, 0.5) is 0 Å². The average Bonchev–Trinajstić information content (AvgIpc) is 3.51. The van der Waals surface area contributed by atoms with Crippen LogP contribution >= 0.6 is 0 Å². The number of carboxylic acids is 1. The van der Waals surface area contributed by atoms with Crippen molar-refractivity contribution in [1.29, 1.82) is 0 Å². The molecule has 0 bridgehead atoms. The smallest absolute Gasteiger partial charge is 0.341 e. The fraction of sp³-hybridized carbons (Fsp3) is 0.432. The van der Waals surface area contributed by atoms with Gasteiger partial charge in [0.05, 0.1) is 12.2 Å². The minimum absolute atomic E-state index is 0.0223. The molecule has 2 fully saturated rings. The third kappa shape index (κ3) is 6.90. The maximum absolute atomic E-state index is 11.5. The largest absolute Gasteiger partial charge is 0.482 e. The van der Waals surface area contributed by atoms with Crippen LogP contribution in [0.2, 0.25) is 0 Å². The van der Waals surface area contributed by atoms with Crippen molar-refractivity contribution in [3.8, 4) is 17.2 Å². The summed E-state index contributed by atoms with van der Waals surface area (Å²) in [5.74, 6) is 1.60. The third-order valence-electron chi connectivity index (χ3n) is 8.89. The molecule has 1 heterocycles. The maximum Gasteiger partial charge on any atom is 0.341 e. The Morgan fingerprint density at radius 2 is 1.67 bits per heavy atom. The van der Waals surface area contributed by atoms with Gasteiger partial charge in [-0.05, 0) is 79.0 Å². The number of para-hydroxylation sites is 1. The number of ether oxygens (including phenoxy) is 3. The van der Waals surface area contributed by atoms with E-state index in [1.807, 2.05) is 42.5 Å². The topological polar surface area (TPSA) is 65.0 Å². The van der Waals surface area contributed by atoms with Crippen molar-refractivity contribution in [2.24, 2.45) is 11.8 Å². The number of hydrogen-bond donors (Lipinski definition) is 1. The molecule has 5 rings (SSSR count). The molecule has 3 aromatic rings. The van der Waals surface area contributed by atoms with E-state index in [1.165, 1.54) is 24.0 Å². The molecular formula is C37H44O5. The molecule has 0 radical (unpaired) electrons. The average molecular weight is 569 g/mol. The number of aliphatic carboxylic acids is 1. The molecular weight excluding hydrogens is 524 g/mol. The number of carboxylic acid groups (broad SMARTS) is 1. The van der Waals surface area contributed by atoms with Crippen LogP contribution in [0.3, 0.4) is 0 Å². The van der Waals surface area contributed by atoms with Crippen molar-refractivity contribution in [3.63, 3.8) is 0 Å². The zero-order valence-electron chi connectivity index (χ0n) is 25.3. The van der Waals surface area contributed by atoms with Gasteiger partial charge < -0.3 is 19.3 Å². The lowest BCUT2D eigenvalue weighted by molar-refractivity contribution is -0.139. The van der Waals surface area contributed by atoms with Crippen LogP contribution < -0.4 is 9.47 Å². The molecule has 1 saturated heterocycles. The van der Waals surface area contributed by atoms with E-state index in [2.05, 4.69) is 58.5 Å². The number of hydrogen-bond acceptors (Lipinski definition) is 4. The first-order valence-corrected chi connectivity index (χ1v) is 15.2. The van der Waals surface area contributed by atoms with Gasteiger partial charge in [0, 0.05) is 17.4 Å². The minimum Gasteiger partial charge on any atom is -0.482 e. The van der Waals surface area contributed by atoms with E-state index in [4.69, 9.17) is 14.2 Å². The molecule has 1 N–H and O–H groups in total. The summed E-state index contributed by atoms with van der Waals surface area (Å²) >= 11 is 0. The molecule has 42 heavy (non-hydrogen) atoms. The maximum atomic E-state index is 11.5. The van der Waals surface area contributed by atoms with Crippen LogP contribution in [0.1, 0.15) is 88.5 Å². The summed E-state index contributed by atoms with van der Waals surface area (Å²) in [6, 6.07) is 24.3. The van der Waals surface area contributed by atoms with Crippen LogP contribution in [-0.4, -0.2) is 23.8 Å². The predicted octanol–water partition coefficient (Wildman–Crippen LogP) is 9.24. The summed E-state index contributed by atoms with van der Waals surface area (Å²) in [6.07, 6.45) is 5.37. The van der Waals surface area contributed by atoms with E-state index in [0.29, 0.717) is 17.4 Å². The Morgan fingerprint density at radius 3 is 2.29 bits per heavy atom. The minimum atomic E-state index is -1.02. The Balaban J connectivity index is 1.53. The van der Waals surface area contributed by atoms with E-state index in [9.17, 15) is 9.90 Å². The fourth-order valence-electron chi connectivity index (χ4n) is 6.63. The van der Waals surface area contributed by atoms with Gasteiger partial charge in [-0.2, -0.15) is 0 Å². The number of carbonyl (C=O) groups is 1. The highest BCUT2D eigenvalue weighted by Crippen LogP contribution is 2.52. The van der Waals surface area contributed by atoms with Crippen molar-refractivity contribution in [3.05, 3.63) is 102 Å². The second kappa shape index (κ2) is 12.7. The summed E-state index contributed by atoms with van der Waals surface area (Å²) < 4.78 is 19.2. The first kappa shape index (κ1) is 29.9. The monoisotopic (exact) mass is 568 g/mol. The van der Waals surface area contributed by atoms with E-state index < -0.39 is 12.6 Å². The Labute approximate surface area is 250 Å². The summed E-state index contributed by atoms with van der Waals surface area (Å²) in [5.41, 5.74) is 4.58. The summed E-state index contributed by atoms with van der Waals surface area (Å²) in [4.78, 5) is 11.5. The van der Waals surface area contributed by atoms with Crippen LogP contribution in [-0.2, 0) is 14.9 Å². The molecule has 3 aromatic carbocycles. The highest BCUT2D eigenvalue weighted by molar-refractivity contribution is 5.68. The van der Waals surface area contributed by atoms with Gasteiger partial charge in [0.1, 0.15) is 17.2 Å². The second-order valence-corrected chi connectivity index (χ2v) is 13.0. The molecule has 1 aliphatic heterocycles. The lowest BCUT2D eigenvalue weighted by atomic mass is 9.72. The molecule has 222 valence electrons. The zero-order chi connectivity index (χ0) is 29.9. The van der Waals surface area contributed by atoms with Gasteiger partial charge in [0.2, 0.25) is 0 Å². The normalized spacial score (nSPS) is 23.0. The van der Waals surface area contributed by atoms with E-state index >= 15 is 0 Å². The Hall–Kier alpha value is -3.57. The molecule has 1 saturated carbocycles. The van der Waals surface area contributed by atoms with Crippen LogP contribution in [0.25, 0.3) is 0 Å². The lowest BCUT2D eigenvalue weighted by Crippen LogP contribution is -2.40. The van der Waals surface area contributed by atoms with E-state index in [1.54, 1.807) is 6.07 Å². The van der Waals surface area contributed by atoms with Crippen molar-refractivity contribution >= 4 is 5.97 Å². The van der Waals surface area contributed by atoms with Crippen LogP contribution in [0.5, 0.6) is 17.2 Å². The highest BCUT2D eigenvalue weighted by Gasteiger charge is 2.44. The Morgan fingerprint density at radius 1 is 0.976 bits per heavy atom. The molecule has 4 atom stereocenters. The zero-order valence-corrected chi connectivity index (χ0v) is 25.3. The standard InChI is InChI=1S/C37H44O5/c1-24(2)30-22-31(25-15-17-27(18-16-25)37(3,4)5)35(26-11-9-10-12-26)42-36(30)32-21-29(41-28-13-7-6-8-14-28)19-20-33(32)40-23-34(38)39/h6-8,13-21,26,30-31,35-36H,1,9-12,22-23H2,2-5H3,(H,38,39)/t30-,31-,35+,36+/m0/s1. The quantitative estimate of drug-likeness (QED) is 0.261. The molecule has 0 spiro atoms. The number of benzene rings is 3. The fourth-order valence-corrected chi connectivity index (χ4v) is 6.63. The molecule has 0 unspecified atom stereocenters. The van der Waals surface area contributed by atoms with Crippen molar-refractivity contribution in [1.82, 2.24) is 0 Å². The molecule has 1 aliphatic carbocycles. The molecule has 0 aromatic heterocycles. The first-order valence-electron chi connectivity index (χ1n) is 15.2. The van der Waals surface area contributed by atoms with Gasteiger partial charge in [0.25, 0.3) is 0 Å². The van der Waals surface area contributed by atoms with E-state index in [0.717, 1.165) is 36.1 Å². The van der Waals surface area contributed by atoms with Crippen LogP contribution in [0, 0.1) is 11.8 Å². The van der Waals surface area contributed by atoms with Gasteiger partial charge in [-0.25, -0.2) is 4.79 Å². The van der Waals surface area contributed by atoms with Crippen molar-refractivity contribution < 1.29 is 24.1 Å². The molecule has 0 amide bonds. The van der Waals surface area contributed by atoms with Crippen molar-refractivity contribution in [2.45, 2.75) is 83.3 Å².